The van der Waals surface area contributed by atoms with Gasteiger partial charge in [-0.25, -0.2) is 13.2 Å². The van der Waals surface area contributed by atoms with Gasteiger partial charge in [-0.15, -0.1) is 0 Å². The number of hydrogen-bond donors (Lipinski definition) is 0. The number of ether oxygens (including phenoxy) is 1. The molecule has 0 unspecified atom stereocenters. The van der Waals surface area contributed by atoms with E-state index in [4.69, 9.17) is 4.74 Å². The number of aryl methyl sites for hydroxylation is 2. The number of rotatable bonds is 7. The van der Waals surface area contributed by atoms with Crippen LogP contribution in [-0.2, 0) is 12.8 Å². The fourth-order valence-corrected chi connectivity index (χ4v) is 3.26. The van der Waals surface area contributed by atoms with Crippen LogP contribution in [0.2, 0.25) is 0 Å². The average Bonchev–Trinajstić information content (AvgIpc) is 2.75. The van der Waals surface area contributed by atoms with Crippen LogP contribution in [0.4, 0.5) is 17.6 Å². The van der Waals surface area contributed by atoms with Gasteiger partial charge in [0.25, 0.3) is 0 Å². The smallest absolute Gasteiger partial charge is 0.201 e. The Morgan fingerprint density at radius 2 is 1.50 bits per heavy atom. The van der Waals surface area contributed by atoms with Crippen molar-refractivity contribution in [2.24, 2.45) is 0 Å². The second-order valence-corrected chi connectivity index (χ2v) is 6.81. The van der Waals surface area contributed by atoms with Gasteiger partial charge in [0.2, 0.25) is 5.82 Å². The van der Waals surface area contributed by atoms with Gasteiger partial charge in [0, 0.05) is 11.1 Å². The maximum absolute atomic E-state index is 14.4. The van der Waals surface area contributed by atoms with Gasteiger partial charge in [-0.2, -0.15) is 4.39 Å². The van der Waals surface area contributed by atoms with Crippen LogP contribution in [0, 0.1) is 23.3 Å². The monoisotopic (exact) mass is 414 g/mol. The fraction of sp³-hybridized carbons (Fsp3) is 0.200. The zero-order chi connectivity index (χ0) is 21.7. The first kappa shape index (κ1) is 21.6. The average molecular weight is 414 g/mol. The van der Waals surface area contributed by atoms with Crippen LogP contribution in [0.5, 0.6) is 5.75 Å². The number of benzene rings is 3. The molecule has 3 aromatic rings. The number of halogens is 4. The molecule has 30 heavy (non-hydrogen) atoms. The molecule has 0 heterocycles. The maximum Gasteiger partial charge on any atom is 0.201 e. The minimum atomic E-state index is -1.02. The first-order chi connectivity index (χ1) is 14.5. The lowest BCUT2D eigenvalue weighted by molar-refractivity contribution is 0.314. The van der Waals surface area contributed by atoms with Gasteiger partial charge in [0.15, 0.2) is 23.2 Å². The van der Waals surface area contributed by atoms with Crippen molar-refractivity contribution >= 4 is 6.08 Å². The Labute approximate surface area is 173 Å². The molecule has 0 aliphatic carbocycles. The van der Waals surface area contributed by atoms with Crippen molar-refractivity contribution in [1.82, 2.24) is 0 Å². The molecule has 3 rings (SSSR count). The highest BCUT2D eigenvalue weighted by Gasteiger charge is 2.16. The van der Waals surface area contributed by atoms with Gasteiger partial charge >= 0.3 is 0 Å². The van der Waals surface area contributed by atoms with Crippen molar-refractivity contribution in [3.05, 3.63) is 94.6 Å². The summed E-state index contributed by atoms with van der Waals surface area (Å²) in [5.41, 5.74) is 2.04. The second-order valence-electron chi connectivity index (χ2n) is 6.81. The van der Waals surface area contributed by atoms with Crippen molar-refractivity contribution in [2.45, 2.75) is 26.7 Å². The molecule has 0 N–H and O–H groups in total. The lowest BCUT2D eigenvalue weighted by Crippen LogP contribution is -2.00. The number of hydrogen-bond acceptors (Lipinski definition) is 1. The first-order valence-corrected chi connectivity index (χ1v) is 9.76. The summed E-state index contributed by atoms with van der Waals surface area (Å²) in [5.74, 6) is -3.79. The molecule has 0 saturated carbocycles. The summed E-state index contributed by atoms with van der Waals surface area (Å²) in [5, 5.41) is 0. The van der Waals surface area contributed by atoms with Crippen LogP contribution in [0.25, 0.3) is 17.2 Å². The van der Waals surface area contributed by atoms with E-state index in [0.29, 0.717) is 24.0 Å². The topological polar surface area (TPSA) is 9.23 Å². The maximum atomic E-state index is 14.4. The fourth-order valence-electron chi connectivity index (χ4n) is 3.26. The van der Waals surface area contributed by atoms with Crippen molar-refractivity contribution in [3.63, 3.8) is 0 Å². The van der Waals surface area contributed by atoms with Gasteiger partial charge in [-0.05, 0) is 55.5 Å². The van der Waals surface area contributed by atoms with E-state index in [-0.39, 0.29) is 23.5 Å². The normalized spacial score (nSPS) is 11.3. The van der Waals surface area contributed by atoms with Crippen molar-refractivity contribution in [1.29, 1.82) is 0 Å². The predicted octanol–water partition coefficient (Wildman–Crippen LogP) is 7.13. The Kier molecular flexibility index (Phi) is 6.93. The minimum Gasteiger partial charge on any atom is -0.491 e. The standard InChI is InChI=1S/C25H22F4O/c1-3-5-18-12-13-19(23(27)22(18)26)11-8-16-6-9-17(10-7-16)20-14-15-21(30-4-2)25(29)24(20)28/h3,5-7,9-10,12-15H,4,8,11H2,1-2H3. The minimum absolute atomic E-state index is 0.120. The van der Waals surface area contributed by atoms with E-state index in [0.717, 1.165) is 5.56 Å². The molecule has 0 aliphatic rings. The molecule has 0 spiro atoms. The van der Waals surface area contributed by atoms with Crippen LogP contribution in [0.15, 0.2) is 54.6 Å². The molecule has 156 valence electrons. The van der Waals surface area contributed by atoms with Gasteiger partial charge in [0.05, 0.1) is 6.61 Å². The second kappa shape index (κ2) is 9.61. The van der Waals surface area contributed by atoms with Gasteiger partial charge in [-0.1, -0.05) is 48.6 Å². The molecule has 5 heteroatoms. The zero-order valence-electron chi connectivity index (χ0n) is 16.8. The molecule has 0 aliphatic heterocycles. The van der Waals surface area contributed by atoms with E-state index in [2.05, 4.69) is 0 Å². The van der Waals surface area contributed by atoms with Crippen LogP contribution in [0.1, 0.15) is 30.5 Å². The lowest BCUT2D eigenvalue weighted by Gasteiger charge is -2.10. The SMILES string of the molecule is CC=Cc1ccc(CCc2ccc(-c3ccc(OCC)c(F)c3F)cc2)c(F)c1F. The first-order valence-electron chi connectivity index (χ1n) is 9.76. The molecule has 0 fully saturated rings. The van der Waals surface area contributed by atoms with E-state index in [9.17, 15) is 17.6 Å². The largest absolute Gasteiger partial charge is 0.491 e. The Morgan fingerprint density at radius 1 is 0.767 bits per heavy atom. The Bertz CT molecular complexity index is 1060. The molecule has 0 radical (unpaired) electrons. The Morgan fingerprint density at radius 3 is 2.17 bits per heavy atom. The van der Waals surface area contributed by atoms with Crippen molar-refractivity contribution < 1.29 is 22.3 Å². The van der Waals surface area contributed by atoms with E-state index >= 15 is 0 Å². The summed E-state index contributed by atoms with van der Waals surface area (Å²) >= 11 is 0. The molecular weight excluding hydrogens is 392 g/mol. The van der Waals surface area contributed by atoms with Gasteiger partial charge < -0.3 is 4.74 Å². The molecular formula is C25H22F4O. The molecule has 0 amide bonds. The quantitative estimate of drug-likeness (QED) is 0.374. The summed E-state index contributed by atoms with van der Waals surface area (Å²) in [7, 11) is 0. The molecule has 1 nitrogen and oxygen atoms in total. The highest BCUT2D eigenvalue weighted by atomic mass is 19.2. The summed E-state index contributed by atoms with van der Waals surface area (Å²) in [6.45, 7) is 3.68. The Hall–Kier alpha value is -3.08. The van der Waals surface area contributed by atoms with Crippen LogP contribution < -0.4 is 4.74 Å². The third kappa shape index (κ3) is 4.56. The molecule has 0 aromatic heterocycles. The van der Waals surface area contributed by atoms with Crippen LogP contribution in [0.3, 0.4) is 0 Å². The summed E-state index contributed by atoms with van der Waals surface area (Å²) in [6, 6.07) is 12.9. The molecule has 0 atom stereocenters. The molecule has 3 aromatic carbocycles. The van der Waals surface area contributed by atoms with Crippen molar-refractivity contribution in [2.75, 3.05) is 6.61 Å². The van der Waals surface area contributed by atoms with Crippen LogP contribution in [-0.4, -0.2) is 6.61 Å². The summed E-state index contributed by atoms with van der Waals surface area (Å²) in [4.78, 5) is 0. The highest BCUT2D eigenvalue weighted by Crippen LogP contribution is 2.30. The van der Waals surface area contributed by atoms with E-state index in [1.807, 2.05) is 0 Å². The van der Waals surface area contributed by atoms with E-state index in [1.165, 1.54) is 18.2 Å². The third-order valence-electron chi connectivity index (χ3n) is 4.83. The predicted molar refractivity (Wildman–Crippen MR) is 111 cm³/mol. The van der Waals surface area contributed by atoms with E-state index in [1.54, 1.807) is 56.3 Å². The van der Waals surface area contributed by atoms with Crippen molar-refractivity contribution in [3.8, 4) is 16.9 Å². The highest BCUT2D eigenvalue weighted by molar-refractivity contribution is 5.65. The van der Waals surface area contributed by atoms with Gasteiger partial charge in [-0.3, -0.25) is 0 Å². The number of allylic oxidation sites excluding steroid dienone is 1. The van der Waals surface area contributed by atoms with Gasteiger partial charge in [0.1, 0.15) is 0 Å². The van der Waals surface area contributed by atoms with Crippen LogP contribution >= 0.6 is 0 Å². The molecule has 0 bridgehead atoms. The lowest BCUT2D eigenvalue weighted by atomic mass is 9.99. The van der Waals surface area contributed by atoms with E-state index < -0.39 is 23.3 Å². The summed E-state index contributed by atoms with van der Waals surface area (Å²) < 4.78 is 61.8. The molecule has 0 saturated heterocycles. The Balaban J connectivity index is 1.74. The zero-order valence-corrected chi connectivity index (χ0v) is 16.8. The summed E-state index contributed by atoms with van der Waals surface area (Å²) in [6.07, 6.45) is 3.98. The third-order valence-corrected chi connectivity index (χ3v) is 4.83.